The maximum Gasteiger partial charge on any atom is 0.233 e. The SMILES string of the molecule is CCN(CC)C(=O)CSc1nnc(SCc2csc(Cc3ccccc3)n2)n1N. The molecule has 0 unspecified atom stereocenters. The van der Waals surface area contributed by atoms with Crippen molar-refractivity contribution in [2.45, 2.75) is 36.3 Å². The van der Waals surface area contributed by atoms with Crippen LogP contribution in [0.2, 0.25) is 0 Å². The van der Waals surface area contributed by atoms with Crippen LogP contribution in [0.1, 0.15) is 30.1 Å². The Morgan fingerprint density at radius 2 is 1.83 bits per heavy atom. The zero-order chi connectivity index (χ0) is 20.6. The van der Waals surface area contributed by atoms with E-state index in [2.05, 4.69) is 27.7 Å². The van der Waals surface area contributed by atoms with E-state index < -0.39 is 0 Å². The molecule has 1 amide bonds. The van der Waals surface area contributed by atoms with Gasteiger partial charge in [-0.05, 0) is 19.4 Å². The third-order valence-corrected chi connectivity index (χ3v) is 7.02. The number of benzene rings is 1. The first-order valence-electron chi connectivity index (χ1n) is 9.31. The normalized spacial score (nSPS) is 11.0. The van der Waals surface area contributed by atoms with E-state index in [0.29, 0.717) is 34.9 Å². The first-order valence-corrected chi connectivity index (χ1v) is 12.2. The quantitative estimate of drug-likeness (QED) is 0.376. The number of rotatable bonds is 10. The van der Waals surface area contributed by atoms with Crippen LogP contribution in [-0.2, 0) is 17.0 Å². The van der Waals surface area contributed by atoms with E-state index in [1.165, 1.54) is 33.8 Å². The van der Waals surface area contributed by atoms with Crippen LogP contribution in [0, 0.1) is 0 Å². The Bertz CT molecular complexity index is 923. The number of hydrogen-bond donors (Lipinski definition) is 1. The van der Waals surface area contributed by atoms with Gasteiger partial charge in [0.1, 0.15) is 0 Å². The first-order chi connectivity index (χ1) is 14.1. The molecule has 0 spiro atoms. The molecule has 154 valence electrons. The van der Waals surface area contributed by atoms with Crippen molar-refractivity contribution < 1.29 is 4.79 Å². The fourth-order valence-electron chi connectivity index (χ4n) is 2.66. The molecule has 0 bridgehead atoms. The Hall–Kier alpha value is -2.04. The van der Waals surface area contributed by atoms with Crippen LogP contribution in [0.15, 0.2) is 46.0 Å². The van der Waals surface area contributed by atoms with Crippen molar-refractivity contribution in [1.82, 2.24) is 24.8 Å². The number of nitrogen functional groups attached to an aromatic ring is 1. The van der Waals surface area contributed by atoms with Crippen LogP contribution < -0.4 is 5.84 Å². The van der Waals surface area contributed by atoms with E-state index >= 15 is 0 Å². The van der Waals surface area contributed by atoms with Crippen molar-refractivity contribution in [3.63, 3.8) is 0 Å². The van der Waals surface area contributed by atoms with E-state index in [1.54, 1.807) is 16.2 Å². The van der Waals surface area contributed by atoms with Crippen LogP contribution in [0.25, 0.3) is 0 Å². The van der Waals surface area contributed by atoms with Crippen LogP contribution in [0.4, 0.5) is 0 Å². The van der Waals surface area contributed by atoms with E-state index in [-0.39, 0.29) is 5.91 Å². The molecule has 3 aromatic rings. The van der Waals surface area contributed by atoms with Gasteiger partial charge >= 0.3 is 0 Å². The Morgan fingerprint density at radius 1 is 1.14 bits per heavy atom. The molecule has 2 aromatic heterocycles. The monoisotopic (exact) mass is 448 g/mol. The van der Waals surface area contributed by atoms with Crippen molar-refractivity contribution in [3.05, 3.63) is 52.0 Å². The number of carbonyl (C=O) groups excluding carboxylic acids is 1. The van der Waals surface area contributed by atoms with Gasteiger partial charge in [0.15, 0.2) is 0 Å². The third kappa shape index (κ3) is 5.97. The fraction of sp³-hybridized carbons (Fsp3) is 0.368. The topological polar surface area (TPSA) is 89.9 Å². The van der Waals surface area contributed by atoms with Gasteiger partial charge in [-0.2, -0.15) is 0 Å². The molecule has 0 saturated carbocycles. The van der Waals surface area contributed by atoms with Crippen molar-refractivity contribution in [1.29, 1.82) is 0 Å². The van der Waals surface area contributed by atoms with Crippen LogP contribution in [-0.4, -0.2) is 49.5 Å². The van der Waals surface area contributed by atoms with Gasteiger partial charge in [0.2, 0.25) is 16.2 Å². The standard InChI is InChI=1S/C19H24N6OS3/c1-3-24(4-2)17(26)13-29-19-23-22-18(25(19)20)28-12-15-11-27-16(21-15)10-14-8-6-5-7-9-14/h5-9,11H,3-4,10,12-13,20H2,1-2H3. The summed E-state index contributed by atoms with van der Waals surface area (Å²) in [5, 5.41) is 12.6. The lowest BCUT2D eigenvalue weighted by atomic mass is 10.2. The van der Waals surface area contributed by atoms with E-state index in [9.17, 15) is 4.79 Å². The Morgan fingerprint density at radius 3 is 2.52 bits per heavy atom. The minimum Gasteiger partial charge on any atom is -0.343 e. The molecule has 3 rings (SSSR count). The zero-order valence-corrected chi connectivity index (χ0v) is 18.9. The number of amides is 1. The van der Waals surface area contributed by atoms with Gasteiger partial charge in [0.25, 0.3) is 0 Å². The highest BCUT2D eigenvalue weighted by Gasteiger charge is 2.15. The number of nitrogens with zero attached hydrogens (tertiary/aromatic N) is 5. The molecule has 0 atom stereocenters. The van der Waals surface area contributed by atoms with E-state index in [0.717, 1.165) is 17.1 Å². The fourth-order valence-corrected chi connectivity index (χ4v) is 5.16. The number of aromatic nitrogens is 4. The third-order valence-electron chi connectivity index (χ3n) is 4.22. The minimum absolute atomic E-state index is 0.0746. The molecule has 1 aromatic carbocycles. The summed E-state index contributed by atoms with van der Waals surface area (Å²) in [6, 6.07) is 10.3. The summed E-state index contributed by atoms with van der Waals surface area (Å²) >= 11 is 4.46. The maximum absolute atomic E-state index is 12.1. The second-order valence-corrected chi connectivity index (χ2v) is 9.00. The highest BCUT2D eigenvalue weighted by atomic mass is 32.2. The predicted molar refractivity (Wildman–Crippen MR) is 120 cm³/mol. The summed E-state index contributed by atoms with van der Waals surface area (Å²) < 4.78 is 1.45. The lowest BCUT2D eigenvalue weighted by Gasteiger charge is -2.17. The smallest absolute Gasteiger partial charge is 0.233 e. The largest absolute Gasteiger partial charge is 0.343 e. The molecule has 2 heterocycles. The van der Waals surface area contributed by atoms with E-state index in [4.69, 9.17) is 10.8 Å². The van der Waals surface area contributed by atoms with Gasteiger partial charge < -0.3 is 10.7 Å². The van der Waals surface area contributed by atoms with Crippen LogP contribution >= 0.6 is 34.9 Å². The molecule has 0 saturated heterocycles. The summed E-state index contributed by atoms with van der Waals surface area (Å²) in [7, 11) is 0. The first kappa shape index (κ1) is 21.7. The molecule has 10 heteroatoms. The molecule has 0 radical (unpaired) electrons. The molecular formula is C19H24N6OS3. The summed E-state index contributed by atoms with van der Waals surface area (Å²) in [5.41, 5.74) is 2.25. The Labute approximate surface area is 183 Å². The van der Waals surface area contributed by atoms with Gasteiger partial charge in [-0.3, -0.25) is 4.79 Å². The summed E-state index contributed by atoms with van der Waals surface area (Å²) in [4.78, 5) is 18.6. The average Bonchev–Trinajstić information content (AvgIpc) is 3.32. The van der Waals surface area contributed by atoms with Gasteiger partial charge in [0.05, 0.1) is 16.5 Å². The van der Waals surface area contributed by atoms with E-state index in [1.807, 2.05) is 32.0 Å². The number of nitrogens with two attached hydrogens (primary N) is 1. The lowest BCUT2D eigenvalue weighted by molar-refractivity contribution is -0.127. The van der Waals surface area contributed by atoms with Crippen molar-refractivity contribution in [2.75, 3.05) is 24.7 Å². The molecule has 29 heavy (non-hydrogen) atoms. The summed E-state index contributed by atoms with van der Waals surface area (Å²) in [5.74, 6) is 7.16. The van der Waals surface area contributed by atoms with Crippen molar-refractivity contribution >= 4 is 40.8 Å². The Balaban J connectivity index is 1.52. The van der Waals surface area contributed by atoms with Crippen LogP contribution in [0.5, 0.6) is 0 Å². The van der Waals surface area contributed by atoms with Crippen molar-refractivity contribution in [3.8, 4) is 0 Å². The molecule has 0 aliphatic carbocycles. The molecule has 7 nitrogen and oxygen atoms in total. The van der Waals surface area contributed by atoms with Crippen molar-refractivity contribution in [2.24, 2.45) is 0 Å². The van der Waals surface area contributed by atoms with Gasteiger partial charge in [-0.25, -0.2) is 9.66 Å². The molecular weight excluding hydrogens is 424 g/mol. The predicted octanol–water partition coefficient (Wildman–Crippen LogP) is 3.29. The molecule has 0 aliphatic rings. The number of thiazole rings is 1. The average molecular weight is 449 g/mol. The number of carbonyl (C=O) groups is 1. The minimum atomic E-state index is 0.0746. The Kier molecular flexibility index (Phi) is 7.96. The van der Waals surface area contributed by atoms with Crippen LogP contribution in [0.3, 0.4) is 0 Å². The maximum atomic E-state index is 12.1. The second-order valence-electron chi connectivity index (χ2n) is 6.17. The second kappa shape index (κ2) is 10.7. The van der Waals surface area contributed by atoms with Gasteiger partial charge in [-0.15, -0.1) is 21.5 Å². The number of thioether (sulfide) groups is 2. The van der Waals surface area contributed by atoms with Gasteiger partial charge in [0, 0.05) is 30.6 Å². The lowest BCUT2D eigenvalue weighted by Crippen LogP contribution is -2.32. The zero-order valence-electron chi connectivity index (χ0n) is 16.4. The highest BCUT2D eigenvalue weighted by Crippen LogP contribution is 2.25. The summed E-state index contributed by atoms with van der Waals surface area (Å²) in [6.07, 6.45) is 0.838. The van der Waals surface area contributed by atoms with Gasteiger partial charge in [-0.1, -0.05) is 53.9 Å². The molecule has 2 N–H and O–H groups in total. The summed E-state index contributed by atoms with van der Waals surface area (Å²) in [6.45, 7) is 5.34. The number of hydrogen-bond acceptors (Lipinski definition) is 8. The molecule has 0 aliphatic heterocycles. The highest BCUT2D eigenvalue weighted by molar-refractivity contribution is 8.00. The molecule has 0 fully saturated rings.